The van der Waals surface area contributed by atoms with E-state index in [-0.39, 0.29) is 5.91 Å². The van der Waals surface area contributed by atoms with Gasteiger partial charge in [-0.05, 0) is 36.2 Å². The van der Waals surface area contributed by atoms with Crippen molar-refractivity contribution in [1.82, 2.24) is 5.32 Å². The molecule has 0 spiro atoms. The molecule has 2 atom stereocenters. The van der Waals surface area contributed by atoms with Crippen molar-refractivity contribution < 1.29 is 15.0 Å². The van der Waals surface area contributed by atoms with Crippen LogP contribution in [0.4, 0.5) is 11.4 Å². The van der Waals surface area contributed by atoms with Crippen molar-refractivity contribution in [3.63, 3.8) is 0 Å². The van der Waals surface area contributed by atoms with Gasteiger partial charge in [0.05, 0.1) is 6.10 Å². The molecule has 0 aliphatic rings. The number of hydrogen-bond acceptors (Lipinski definition) is 4. The van der Waals surface area contributed by atoms with Crippen molar-refractivity contribution in [2.75, 3.05) is 11.9 Å². The van der Waals surface area contributed by atoms with Gasteiger partial charge >= 0.3 is 0 Å². The summed E-state index contributed by atoms with van der Waals surface area (Å²) in [6.07, 6.45) is -1.60. The largest absolute Gasteiger partial charge is 0.390 e. The zero-order valence-electron chi connectivity index (χ0n) is 13.1. The molecule has 0 aromatic heterocycles. The fourth-order valence-electron chi connectivity index (χ4n) is 2.23. The second-order valence-electron chi connectivity index (χ2n) is 5.40. The van der Waals surface area contributed by atoms with Gasteiger partial charge in [0.2, 0.25) is 5.91 Å². The Morgan fingerprint density at radius 1 is 1.00 bits per heavy atom. The molecule has 2 rings (SSSR count). The first kappa shape index (κ1) is 17.0. The van der Waals surface area contributed by atoms with Gasteiger partial charge in [-0.15, -0.1) is 0 Å². The molecular weight excluding hydrogens is 292 g/mol. The zero-order chi connectivity index (χ0) is 16.7. The predicted octanol–water partition coefficient (Wildman–Crippen LogP) is 2.35. The number of carbonyl (C=O) groups is 1. The summed E-state index contributed by atoms with van der Waals surface area (Å²) in [6.45, 7) is 1.75. The van der Waals surface area contributed by atoms with Crippen molar-refractivity contribution in [3.8, 4) is 0 Å². The Morgan fingerprint density at radius 3 is 2.22 bits per heavy atom. The number of para-hydroxylation sites is 1. The topological polar surface area (TPSA) is 81.6 Å². The van der Waals surface area contributed by atoms with E-state index in [1.54, 1.807) is 12.1 Å². The molecule has 2 unspecified atom stereocenters. The predicted molar refractivity (Wildman–Crippen MR) is 90.4 cm³/mol. The lowest BCUT2D eigenvalue weighted by Crippen LogP contribution is -2.27. The van der Waals surface area contributed by atoms with Gasteiger partial charge in [-0.25, -0.2) is 0 Å². The second kappa shape index (κ2) is 8.31. The van der Waals surface area contributed by atoms with Crippen LogP contribution in [-0.2, 0) is 4.79 Å². The lowest BCUT2D eigenvalue weighted by molar-refractivity contribution is -0.119. The third-order valence-electron chi connectivity index (χ3n) is 3.49. The molecule has 0 radical (unpaired) electrons. The Balaban J connectivity index is 1.91. The van der Waals surface area contributed by atoms with Crippen molar-refractivity contribution in [1.29, 1.82) is 0 Å². The highest BCUT2D eigenvalue weighted by Gasteiger charge is 2.18. The normalized spacial score (nSPS) is 13.2. The molecule has 0 bridgehead atoms. The minimum absolute atomic E-state index is 0.150. The fraction of sp³-hybridized carbons (Fsp3) is 0.278. The summed E-state index contributed by atoms with van der Waals surface area (Å²) < 4.78 is 0. The van der Waals surface area contributed by atoms with Gasteiger partial charge in [0.15, 0.2) is 0 Å². The first-order valence-electron chi connectivity index (χ1n) is 7.59. The maximum absolute atomic E-state index is 10.8. The minimum atomic E-state index is -0.977. The maximum atomic E-state index is 10.8. The van der Waals surface area contributed by atoms with Crippen molar-refractivity contribution in [2.45, 2.75) is 25.6 Å². The molecule has 5 heteroatoms. The molecule has 4 N–H and O–H groups in total. The summed E-state index contributed by atoms with van der Waals surface area (Å²) in [6, 6.07) is 17.0. The van der Waals surface area contributed by atoms with E-state index >= 15 is 0 Å². The summed E-state index contributed by atoms with van der Waals surface area (Å²) in [5.41, 5.74) is 2.52. The van der Waals surface area contributed by atoms with Crippen molar-refractivity contribution in [3.05, 3.63) is 60.2 Å². The molecule has 2 aromatic carbocycles. The molecule has 23 heavy (non-hydrogen) atoms. The van der Waals surface area contributed by atoms with Crippen LogP contribution < -0.4 is 10.6 Å². The van der Waals surface area contributed by atoms with E-state index in [0.29, 0.717) is 18.5 Å². The number of carbonyl (C=O) groups excluding carboxylic acids is 1. The monoisotopic (exact) mass is 314 g/mol. The number of anilines is 2. The third kappa shape index (κ3) is 5.39. The molecular formula is C18H22N2O3. The van der Waals surface area contributed by atoms with Crippen LogP contribution in [0.25, 0.3) is 0 Å². The molecule has 1 amide bonds. The van der Waals surface area contributed by atoms with Gasteiger partial charge < -0.3 is 20.8 Å². The Bertz CT molecular complexity index is 614. The van der Waals surface area contributed by atoms with Gasteiger partial charge in [-0.3, -0.25) is 4.79 Å². The van der Waals surface area contributed by atoms with Crippen LogP contribution in [0.1, 0.15) is 25.0 Å². The quantitative estimate of drug-likeness (QED) is 0.632. The number of aliphatic hydroxyl groups excluding tert-OH is 2. The van der Waals surface area contributed by atoms with Gasteiger partial charge in [0.1, 0.15) is 6.10 Å². The van der Waals surface area contributed by atoms with E-state index in [2.05, 4.69) is 10.6 Å². The Kier molecular flexibility index (Phi) is 6.14. The summed E-state index contributed by atoms with van der Waals surface area (Å²) in [5, 5.41) is 26.0. The SMILES string of the molecule is CC(=O)NCCC(O)C(O)c1ccc(Nc2ccccc2)cc1. The van der Waals surface area contributed by atoms with E-state index in [1.165, 1.54) is 6.92 Å². The lowest BCUT2D eigenvalue weighted by atomic mass is 10.0. The van der Waals surface area contributed by atoms with E-state index in [4.69, 9.17) is 0 Å². The number of nitrogens with one attached hydrogen (secondary N) is 2. The van der Waals surface area contributed by atoms with Crippen LogP contribution >= 0.6 is 0 Å². The van der Waals surface area contributed by atoms with Gasteiger partial charge in [-0.1, -0.05) is 30.3 Å². The minimum Gasteiger partial charge on any atom is -0.390 e. The molecule has 122 valence electrons. The van der Waals surface area contributed by atoms with Gasteiger partial charge in [0.25, 0.3) is 0 Å². The molecule has 0 fully saturated rings. The highest BCUT2D eigenvalue weighted by atomic mass is 16.3. The van der Waals surface area contributed by atoms with E-state index < -0.39 is 12.2 Å². The Labute approximate surface area is 136 Å². The molecule has 0 heterocycles. The van der Waals surface area contributed by atoms with E-state index in [9.17, 15) is 15.0 Å². The van der Waals surface area contributed by atoms with Gasteiger partial charge in [-0.2, -0.15) is 0 Å². The Morgan fingerprint density at radius 2 is 1.61 bits per heavy atom. The summed E-state index contributed by atoms with van der Waals surface area (Å²) >= 11 is 0. The fourth-order valence-corrected chi connectivity index (χ4v) is 2.23. The number of rotatable bonds is 7. The third-order valence-corrected chi connectivity index (χ3v) is 3.49. The van der Waals surface area contributed by atoms with Crippen molar-refractivity contribution in [2.24, 2.45) is 0 Å². The zero-order valence-corrected chi connectivity index (χ0v) is 13.1. The van der Waals surface area contributed by atoms with Crippen LogP contribution in [0.15, 0.2) is 54.6 Å². The van der Waals surface area contributed by atoms with Crippen LogP contribution in [-0.4, -0.2) is 28.8 Å². The second-order valence-corrected chi connectivity index (χ2v) is 5.40. The Hall–Kier alpha value is -2.37. The van der Waals surface area contributed by atoms with E-state index in [1.807, 2.05) is 42.5 Å². The molecule has 5 nitrogen and oxygen atoms in total. The number of aliphatic hydroxyl groups is 2. The van der Waals surface area contributed by atoms with Crippen LogP contribution in [0.2, 0.25) is 0 Å². The number of benzene rings is 2. The number of hydrogen-bond donors (Lipinski definition) is 4. The summed E-state index contributed by atoms with van der Waals surface area (Å²) in [7, 11) is 0. The van der Waals surface area contributed by atoms with Crippen LogP contribution in [0.3, 0.4) is 0 Å². The van der Waals surface area contributed by atoms with Crippen LogP contribution in [0.5, 0.6) is 0 Å². The highest BCUT2D eigenvalue weighted by molar-refractivity contribution is 5.72. The van der Waals surface area contributed by atoms with E-state index in [0.717, 1.165) is 11.4 Å². The average molecular weight is 314 g/mol. The molecule has 0 aliphatic carbocycles. The number of amides is 1. The van der Waals surface area contributed by atoms with Gasteiger partial charge in [0, 0.05) is 24.8 Å². The lowest BCUT2D eigenvalue weighted by Gasteiger charge is -2.18. The maximum Gasteiger partial charge on any atom is 0.216 e. The standard InChI is InChI=1S/C18H22N2O3/c1-13(21)19-12-11-17(22)18(23)14-7-9-16(10-8-14)20-15-5-3-2-4-6-15/h2-10,17-18,20,22-23H,11-12H2,1H3,(H,19,21). The highest BCUT2D eigenvalue weighted by Crippen LogP contribution is 2.22. The van der Waals surface area contributed by atoms with Crippen molar-refractivity contribution >= 4 is 17.3 Å². The average Bonchev–Trinajstić information content (AvgIpc) is 2.55. The van der Waals surface area contributed by atoms with Crippen LogP contribution in [0, 0.1) is 0 Å². The smallest absolute Gasteiger partial charge is 0.216 e. The summed E-state index contributed by atoms with van der Waals surface area (Å²) in [5.74, 6) is -0.150. The first-order valence-corrected chi connectivity index (χ1v) is 7.59. The summed E-state index contributed by atoms with van der Waals surface area (Å²) in [4.78, 5) is 10.8. The molecule has 0 saturated heterocycles. The molecule has 2 aromatic rings. The molecule has 0 saturated carbocycles. The molecule has 0 aliphatic heterocycles. The first-order chi connectivity index (χ1) is 11.1.